The van der Waals surface area contributed by atoms with E-state index in [9.17, 15) is 15.2 Å². The fraction of sp³-hybridized carbons (Fsp3) is 0.600. The van der Waals surface area contributed by atoms with Crippen LogP contribution in [-0.2, 0) is 11.2 Å². The molecule has 2 fully saturated rings. The molecule has 0 unspecified atom stereocenters. The van der Waals surface area contributed by atoms with E-state index in [4.69, 9.17) is 0 Å². The van der Waals surface area contributed by atoms with Crippen LogP contribution in [0, 0.1) is 34.5 Å². The highest BCUT2D eigenvalue weighted by atomic mass is 16.3. The molecular formula is C20H23NO2. The number of carbonyl (C=O) groups excluding carboxylic acids is 1. The Morgan fingerprint density at radius 2 is 2.13 bits per heavy atom. The van der Waals surface area contributed by atoms with E-state index in [1.165, 1.54) is 11.1 Å². The number of nitriles is 1. The Morgan fingerprint density at radius 1 is 1.35 bits per heavy atom. The first-order valence-corrected chi connectivity index (χ1v) is 8.75. The summed E-state index contributed by atoms with van der Waals surface area (Å²) in [6.45, 7) is 4.48. The molecule has 0 spiro atoms. The third kappa shape index (κ3) is 1.90. The third-order valence-electron chi connectivity index (χ3n) is 7.02. The van der Waals surface area contributed by atoms with Gasteiger partial charge in [-0.25, -0.2) is 0 Å². The van der Waals surface area contributed by atoms with Gasteiger partial charge in [-0.3, -0.25) is 4.79 Å². The lowest BCUT2D eigenvalue weighted by molar-refractivity contribution is -0.129. The molecule has 1 aromatic carbocycles. The Hall–Kier alpha value is -1.82. The lowest BCUT2D eigenvalue weighted by Gasteiger charge is -2.51. The number of rotatable bonds is 0. The number of phenols is 1. The molecule has 3 nitrogen and oxygen atoms in total. The van der Waals surface area contributed by atoms with Crippen molar-refractivity contribution in [1.29, 1.82) is 5.26 Å². The van der Waals surface area contributed by atoms with Crippen LogP contribution in [0.4, 0.5) is 0 Å². The molecule has 0 amide bonds. The van der Waals surface area contributed by atoms with Gasteiger partial charge < -0.3 is 5.11 Å². The molecular weight excluding hydrogens is 286 g/mol. The molecule has 3 heteroatoms. The van der Waals surface area contributed by atoms with Crippen LogP contribution in [0.1, 0.15) is 62.1 Å². The minimum Gasteiger partial charge on any atom is -0.507 e. The molecule has 1 N–H and O–H groups in total. The van der Waals surface area contributed by atoms with Crippen LogP contribution in [-0.4, -0.2) is 10.9 Å². The molecule has 23 heavy (non-hydrogen) atoms. The zero-order valence-electron chi connectivity index (χ0n) is 13.8. The predicted octanol–water partition coefficient (Wildman–Crippen LogP) is 3.94. The van der Waals surface area contributed by atoms with Crippen LogP contribution in [0.15, 0.2) is 12.1 Å². The monoisotopic (exact) mass is 309 g/mol. The van der Waals surface area contributed by atoms with Crippen LogP contribution < -0.4 is 0 Å². The number of nitrogens with zero attached hydrogens (tertiary/aromatic N) is 1. The lowest BCUT2D eigenvalue weighted by Crippen LogP contribution is -2.45. The summed E-state index contributed by atoms with van der Waals surface area (Å²) in [7, 11) is 0. The van der Waals surface area contributed by atoms with E-state index < -0.39 is 0 Å². The summed E-state index contributed by atoms with van der Waals surface area (Å²) < 4.78 is 0. The standard InChI is InChI=1S/C20H23NO2/c1-11-7-12-9-17(22)13(10-21)8-15(12)14-5-6-20(2)16(19(11)14)3-4-18(20)23/h8-9,11,14,16,19,22H,3-7H2,1-2H3/t11-,14-,16+,19-,20+/m1/s1. The Bertz CT molecular complexity index is 732. The highest BCUT2D eigenvalue weighted by Gasteiger charge is 2.56. The average molecular weight is 309 g/mol. The van der Waals surface area contributed by atoms with Crippen molar-refractivity contribution < 1.29 is 9.90 Å². The van der Waals surface area contributed by atoms with Crippen molar-refractivity contribution in [1.82, 2.24) is 0 Å². The van der Waals surface area contributed by atoms with Crippen LogP contribution in [0.25, 0.3) is 0 Å². The second-order valence-corrected chi connectivity index (χ2v) is 8.07. The summed E-state index contributed by atoms with van der Waals surface area (Å²) in [5.41, 5.74) is 2.71. The molecule has 0 heterocycles. The van der Waals surface area contributed by atoms with Gasteiger partial charge in [0.25, 0.3) is 0 Å². The van der Waals surface area contributed by atoms with E-state index in [0.717, 1.165) is 32.1 Å². The lowest BCUT2D eigenvalue weighted by atomic mass is 9.53. The SMILES string of the molecule is C[C@@H]1Cc2cc(O)c(C#N)cc2[C@H]2CC[C@]3(C)C(=O)CC[C@H]3[C@H]12. The molecule has 4 rings (SSSR count). The summed E-state index contributed by atoms with van der Waals surface area (Å²) in [6.07, 6.45) is 4.70. The van der Waals surface area contributed by atoms with Crippen molar-refractivity contribution in [2.45, 2.75) is 51.9 Å². The first-order chi connectivity index (χ1) is 11.0. The maximum atomic E-state index is 12.4. The van der Waals surface area contributed by atoms with Crippen molar-refractivity contribution >= 4 is 5.78 Å². The minimum atomic E-state index is -0.123. The van der Waals surface area contributed by atoms with Crippen molar-refractivity contribution in [3.05, 3.63) is 28.8 Å². The van der Waals surface area contributed by atoms with Gasteiger partial charge in [-0.2, -0.15) is 5.26 Å². The van der Waals surface area contributed by atoms with Gasteiger partial charge in [0.1, 0.15) is 17.6 Å². The van der Waals surface area contributed by atoms with Gasteiger partial charge in [0.05, 0.1) is 5.56 Å². The molecule has 3 aliphatic rings. The Balaban J connectivity index is 1.80. The Labute approximate surface area is 137 Å². The molecule has 2 saturated carbocycles. The molecule has 1 aromatic rings. The Kier molecular flexibility index (Phi) is 3.10. The van der Waals surface area contributed by atoms with Gasteiger partial charge in [-0.15, -0.1) is 0 Å². The number of benzene rings is 1. The number of hydrogen-bond donors (Lipinski definition) is 1. The average Bonchev–Trinajstić information content (AvgIpc) is 2.82. The van der Waals surface area contributed by atoms with E-state index in [-0.39, 0.29) is 11.2 Å². The zero-order chi connectivity index (χ0) is 16.4. The van der Waals surface area contributed by atoms with Crippen molar-refractivity contribution in [2.75, 3.05) is 0 Å². The van der Waals surface area contributed by atoms with Crippen molar-refractivity contribution in [2.24, 2.45) is 23.2 Å². The van der Waals surface area contributed by atoms with Gasteiger partial charge in [0.15, 0.2) is 0 Å². The molecule has 3 aliphatic carbocycles. The van der Waals surface area contributed by atoms with E-state index in [0.29, 0.717) is 35.0 Å². The highest BCUT2D eigenvalue weighted by Crippen LogP contribution is 2.61. The van der Waals surface area contributed by atoms with Crippen molar-refractivity contribution in [3.8, 4) is 11.8 Å². The maximum Gasteiger partial charge on any atom is 0.139 e. The normalized spacial score (nSPS) is 38.4. The summed E-state index contributed by atoms with van der Waals surface area (Å²) >= 11 is 0. The summed E-state index contributed by atoms with van der Waals surface area (Å²) in [5.74, 6) is 2.54. The van der Waals surface area contributed by atoms with Gasteiger partial charge >= 0.3 is 0 Å². The molecule has 120 valence electrons. The number of carbonyl (C=O) groups is 1. The van der Waals surface area contributed by atoms with Crippen LogP contribution >= 0.6 is 0 Å². The van der Waals surface area contributed by atoms with Gasteiger partial charge in [0.2, 0.25) is 0 Å². The fourth-order valence-corrected chi connectivity index (χ4v) is 5.87. The number of ketones is 1. The predicted molar refractivity (Wildman–Crippen MR) is 87.0 cm³/mol. The quantitative estimate of drug-likeness (QED) is 0.789. The minimum absolute atomic E-state index is 0.105. The molecule has 0 bridgehead atoms. The van der Waals surface area contributed by atoms with Crippen LogP contribution in [0.3, 0.4) is 0 Å². The number of fused-ring (bicyclic) bond motifs is 5. The molecule has 5 atom stereocenters. The van der Waals surface area contributed by atoms with Crippen LogP contribution in [0.2, 0.25) is 0 Å². The van der Waals surface area contributed by atoms with Gasteiger partial charge in [-0.05, 0) is 72.6 Å². The molecule has 0 saturated heterocycles. The first-order valence-electron chi connectivity index (χ1n) is 8.75. The Morgan fingerprint density at radius 3 is 2.87 bits per heavy atom. The van der Waals surface area contributed by atoms with E-state index in [1.807, 2.05) is 6.07 Å². The molecule has 0 radical (unpaired) electrons. The molecule has 0 aliphatic heterocycles. The summed E-state index contributed by atoms with van der Waals surface area (Å²) in [5, 5.41) is 19.2. The van der Waals surface area contributed by atoms with E-state index >= 15 is 0 Å². The second kappa shape index (κ2) is 4.84. The largest absolute Gasteiger partial charge is 0.507 e. The zero-order valence-corrected chi connectivity index (χ0v) is 13.8. The van der Waals surface area contributed by atoms with Gasteiger partial charge in [0, 0.05) is 11.8 Å². The van der Waals surface area contributed by atoms with E-state index in [1.54, 1.807) is 6.07 Å². The fourth-order valence-electron chi connectivity index (χ4n) is 5.87. The second-order valence-electron chi connectivity index (χ2n) is 8.07. The number of phenolic OH excluding ortho intramolecular Hbond substituents is 1. The van der Waals surface area contributed by atoms with E-state index in [2.05, 4.69) is 19.9 Å². The first kappa shape index (κ1) is 14.8. The van der Waals surface area contributed by atoms with Crippen molar-refractivity contribution in [3.63, 3.8) is 0 Å². The number of aromatic hydroxyl groups is 1. The van der Waals surface area contributed by atoms with Gasteiger partial charge in [-0.1, -0.05) is 13.8 Å². The topological polar surface area (TPSA) is 61.1 Å². The number of hydrogen-bond acceptors (Lipinski definition) is 3. The summed E-state index contributed by atoms with van der Waals surface area (Å²) in [4.78, 5) is 12.4. The number of Topliss-reactive ketones (excluding diaryl/α,β-unsaturated/α-hetero) is 1. The van der Waals surface area contributed by atoms with Crippen LogP contribution in [0.5, 0.6) is 5.75 Å². The smallest absolute Gasteiger partial charge is 0.139 e. The third-order valence-corrected chi connectivity index (χ3v) is 7.02. The maximum absolute atomic E-state index is 12.4. The summed E-state index contributed by atoms with van der Waals surface area (Å²) in [6, 6.07) is 5.82. The highest BCUT2D eigenvalue weighted by molar-refractivity contribution is 5.87. The molecule has 0 aromatic heterocycles.